The van der Waals surface area contributed by atoms with Crippen molar-refractivity contribution < 1.29 is 4.74 Å². The highest BCUT2D eigenvalue weighted by atomic mass is 16.5. The molecule has 1 unspecified atom stereocenters. The van der Waals surface area contributed by atoms with Crippen LogP contribution in [-0.4, -0.2) is 44.2 Å². The number of rotatable bonds is 5. The standard InChI is InChI=1S/C10H23N3O/c1-8(2)6-12-10(11)13(4)9(3)7-14-5/h8-9H,6-7H2,1-5H3,(H2,11,12). The number of likely N-dealkylation sites (N-methyl/N-ethyl adjacent to an activating group) is 1. The van der Waals surface area contributed by atoms with Crippen LogP contribution in [-0.2, 0) is 4.74 Å². The van der Waals surface area contributed by atoms with E-state index in [-0.39, 0.29) is 6.04 Å². The van der Waals surface area contributed by atoms with Gasteiger partial charge in [0.15, 0.2) is 5.96 Å². The molecule has 84 valence electrons. The van der Waals surface area contributed by atoms with Crippen LogP contribution in [0.5, 0.6) is 0 Å². The highest BCUT2D eigenvalue weighted by Gasteiger charge is 2.10. The monoisotopic (exact) mass is 201 g/mol. The number of aliphatic imine (C=N–C) groups is 1. The minimum Gasteiger partial charge on any atom is -0.383 e. The highest BCUT2D eigenvalue weighted by Crippen LogP contribution is 1.97. The first-order chi connectivity index (χ1) is 6.49. The molecule has 0 aromatic carbocycles. The van der Waals surface area contributed by atoms with E-state index >= 15 is 0 Å². The van der Waals surface area contributed by atoms with E-state index < -0.39 is 0 Å². The van der Waals surface area contributed by atoms with Crippen LogP contribution in [0.1, 0.15) is 20.8 Å². The van der Waals surface area contributed by atoms with Crippen molar-refractivity contribution in [2.24, 2.45) is 16.6 Å². The van der Waals surface area contributed by atoms with Gasteiger partial charge in [0.1, 0.15) is 0 Å². The Labute approximate surface area is 87.1 Å². The van der Waals surface area contributed by atoms with E-state index in [9.17, 15) is 0 Å². The van der Waals surface area contributed by atoms with Crippen molar-refractivity contribution in [2.75, 3.05) is 27.3 Å². The SMILES string of the molecule is COCC(C)N(C)C(N)=NCC(C)C. The van der Waals surface area contributed by atoms with Gasteiger partial charge in [-0.2, -0.15) is 0 Å². The number of ether oxygens (including phenoxy) is 1. The van der Waals surface area contributed by atoms with Gasteiger partial charge in [0.25, 0.3) is 0 Å². The Morgan fingerprint density at radius 1 is 1.43 bits per heavy atom. The van der Waals surface area contributed by atoms with Crippen LogP contribution >= 0.6 is 0 Å². The molecule has 4 nitrogen and oxygen atoms in total. The predicted molar refractivity (Wildman–Crippen MR) is 60.4 cm³/mol. The van der Waals surface area contributed by atoms with Crippen molar-refractivity contribution in [3.05, 3.63) is 0 Å². The number of hydrogen-bond acceptors (Lipinski definition) is 2. The maximum Gasteiger partial charge on any atom is 0.191 e. The molecule has 4 heteroatoms. The van der Waals surface area contributed by atoms with Gasteiger partial charge in [-0.3, -0.25) is 4.99 Å². The zero-order chi connectivity index (χ0) is 11.1. The summed E-state index contributed by atoms with van der Waals surface area (Å²) in [6.45, 7) is 7.73. The smallest absolute Gasteiger partial charge is 0.191 e. The summed E-state index contributed by atoms with van der Waals surface area (Å²) >= 11 is 0. The molecule has 0 heterocycles. The molecule has 2 N–H and O–H groups in total. The summed E-state index contributed by atoms with van der Waals surface area (Å²) in [5.74, 6) is 1.13. The first kappa shape index (κ1) is 13.2. The van der Waals surface area contributed by atoms with Crippen molar-refractivity contribution in [3.63, 3.8) is 0 Å². The van der Waals surface area contributed by atoms with E-state index in [1.165, 1.54) is 0 Å². The van der Waals surface area contributed by atoms with Crippen molar-refractivity contribution >= 4 is 5.96 Å². The van der Waals surface area contributed by atoms with Gasteiger partial charge < -0.3 is 15.4 Å². The lowest BCUT2D eigenvalue weighted by Gasteiger charge is -2.25. The zero-order valence-electron chi connectivity index (χ0n) is 9.95. The fraction of sp³-hybridized carbons (Fsp3) is 0.900. The van der Waals surface area contributed by atoms with Gasteiger partial charge in [0.2, 0.25) is 0 Å². The zero-order valence-corrected chi connectivity index (χ0v) is 9.95. The second kappa shape index (κ2) is 6.65. The number of methoxy groups -OCH3 is 1. The third-order valence-corrected chi connectivity index (χ3v) is 2.05. The van der Waals surface area contributed by atoms with Gasteiger partial charge in [-0.25, -0.2) is 0 Å². The number of nitrogens with two attached hydrogens (primary N) is 1. The van der Waals surface area contributed by atoms with Crippen molar-refractivity contribution in [2.45, 2.75) is 26.8 Å². The molecule has 0 amide bonds. The lowest BCUT2D eigenvalue weighted by molar-refractivity contribution is 0.145. The summed E-state index contributed by atoms with van der Waals surface area (Å²) in [5, 5.41) is 0. The van der Waals surface area contributed by atoms with Gasteiger partial charge in [-0.05, 0) is 12.8 Å². The minimum atomic E-state index is 0.260. The van der Waals surface area contributed by atoms with E-state index in [0.717, 1.165) is 6.54 Å². The number of guanidine groups is 1. The molecular formula is C10H23N3O. The summed E-state index contributed by atoms with van der Waals surface area (Å²) in [6.07, 6.45) is 0. The van der Waals surface area contributed by atoms with E-state index in [1.807, 2.05) is 11.9 Å². The maximum atomic E-state index is 5.82. The number of nitrogens with zero attached hydrogens (tertiary/aromatic N) is 2. The van der Waals surface area contributed by atoms with Gasteiger partial charge in [-0.15, -0.1) is 0 Å². The molecule has 0 fully saturated rings. The molecule has 0 saturated carbocycles. The Balaban J connectivity index is 4.08. The van der Waals surface area contributed by atoms with Crippen LogP contribution < -0.4 is 5.73 Å². The molecule has 0 aromatic rings. The van der Waals surface area contributed by atoms with E-state index in [2.05, 4.69) is 25.8 Å². The summed E-state index contributed by atoms with van der Waals surface area (Å²) in [7, 11) is 3.62. The highest BCUT2D eigenvalue weighted by molar-refractivity contribution is 5.78. The molecule has 0 aliphatic heterocycles. The maximum absolute atomic E-state index is 5.82. The first-order valence-corrected chi connectivity index (χ1v) is 5.00. The molecule has 0 aliphatic rings. The molecule has 0 radical (unpaired) electrons. The second-order valence-corrected chi connectivity index (χ2v) is 4.01. The summed E-state index contributed by atoms with van der Waals surface area (Å²) in [4.78, 5) is 6.23. The molecule has 0 aliphatic carbocycles. The Kier molecular flexibility index (Phi) is 6.28. The molecule has 1 atom stereocenters. The molecule has 14 heavy (non-hydrogen) atoms. The van der Waals surface area contributed by atoms with Crippen LogP contribution in [0.15, 0.2) is 4.99 Å². The van der Waals surface area contributed by atoms with E-state index in [0.29, 0.717) is 18.5 Å². The third kappa shape index (κ3) is 5.07. The molecule has 0 saturated heterocycles. The van der Waals surface area contributed by atoms with Gasteiger partial charge in [0, 0.05) is 20.7 Å². The Bertz CT molecular complexity index is 180. The molecule has 0 rings (SSSR count). The van der Waals surface area contributed by atoms with Crippen LogP contribution in [0, 0.1) is 5.92 Å². The van der Waals surface area contributed by atoms with Gasteiger partial charge in [0.05, 0.1) is 12.6 Å². The summed E-state index contributed by atoms with van der Waals surface area (Å²) in [5.41, 5.74) is 5.82. The summed E-state index contributed by atoms with van der Waals surface area (Å²) < 4.78 is 5.05. The van der Waals surface area contributed by atoms with Crippen molar-refractivity contribution in [1.29, 1.82) is 0 Å². The normalized spacial score (nSPS) is 14.6. The van der Waals surface area contributed by atoms with Crippen molar-refractivity contribution in [1.82, 2.24) is 4.90 Å². The summed E-state index contributed by atoms with van der Waals surface area (Å²) in [6, 6.07) is 0.260. The lowest BCUT2D eigenvalue weighted by Crippen LogP contribution is -2.42. The average Bonchev–Trinajstić information content (AvgIpc) is 2.13. The third-order valence-electron chi connectivity index (χ3n) is 2.05. The van der Waals surface area contributed by atoms with E-state index in [4.69, 9.17) is 10.5 Å². The molecule has 0 bridgehead atoms. The second-order valence-electron chi connectivity index (χ2n) is 4.01. The fourth-order valence-corrected chi connectivity index (χ4v) is 0.966. The molecule has 0 aromatic heterocycles. The van der Waals surface area contributed by atoms with Crippen LogP contribution in [0.25, 0.3) is 0 Å². The predicted octanol–water partition coefficient (Wildman–Crippen LogP) is 0.924. The van der Waals surface area contributed by atoms with Crippen molar-refractivity contribution in [3.8, 4) is 0 Å². The average molecular weight is 201 g/mol. The Morgan fingerprint density at radius 2 is 2.00 bits per heavy atom. The molecular weight excluding hydrogens is 178 g/mol. The topological polar surface area (TPSA) is 50.9 Å². The Morgan fingerprint density at radius 3 is 2.43 bits per heavy atom. The van der Waals surface area contributed by atoms with E-state index in [1.54, 1.807) is 7.11 Å². The Hall–Kier alpha value is -0.770. The first-order valence-electron chi connectivity index (χ1n) is 5.00. The van der Waals surface area contributed by atoms with Crippen LogP contribution in [0.3, 0.4) is 0 Å². The quantitative estimate of drug-likeness (QED) is 0.531. The van der Waals surface area contributed by atoms with Crippen LogP contribution in [0.4, 0.5) is 0 Å². The van der Waals surface area contributed by atoms with Crippen LogP contribution in [0.2, 0.25) is 0 Å². The van der Waals surface area contributed by atoms with Gasteiger partial charge in [-0.1, -0.05) is 13.8 Å². The minimum absolute atomic E-state index is 0.260. The van der Waals surface area contributed by atoms with Gasteiger partial charge >= 0.3 is 0 Å². The largest absolute Gasteiger partial charge is 0.383 e. The fourth-order valence-electron chi connectivity index (χ4n) is 0.966. The lowest BCUT2D eigenvalue weighted by atomic mass is 10.2. The number of hydrogen-bond donors (Lipinski definition) is 1. The molecule has 0 spiro atoms.